The van der Waals surface area contributed by atoms with Gasteiger partial charge in [-0.3, -0.25) is 0 Å². The molecular formula is C17H29NO3. The van der Waals surface area contributed by atoms with Crippen LogP contribution in [0.5, 0.6) is 5.75 Å². The van der Waals surface area contributed by atoms with Gasteiger partial charge in [-0.1, -0.05) is 17.7 Å². The van der Waals surface area contributed by atoms with Gasteiger partial charge >= 0.3 is 0 Å². The van der Waals surface area contributed by atoms with E-state index in [-0.39, 0.29) is 0 Å². The van der Waals surface area contributed by atoms with Gasteiger partial charge in [0.05, 0.1) is 0 Å². The molecule has 0 amide bonds. The van der Waals surface area contributed by atoms with Crippen molar-refractivity contribution in [3.63, 3.8) is 0 Å². The van der Waals surface area contributed by atoms with Crippen LogP contribution in [0.4, 0.5) is 0 Å². The third-order valence-corrected chi connectivity index (χ3v) is 3.34. The lowest BCUT2D eigenvalue weighted by molar-refractivity contribution is 0.106. The molecule has 0 radical (unpaired) electrons. The van der Waals surface area contributed by atoms with E-state index >= 15 is 0 Å². The first-order valence-electron chi connectivity index (χ1n) is 7.71. The summed E-state index contributed by atoms with van der Waals surface area (Å²) in [5.74, 6) is 0.846. The third kappa shape index (κ3) is 8.05. The zero-order chi connectivity index (χ0) is 15.5. The Balaban J connectivity index is 2.09. The average Bonchev–Trinajstić information content (AvgIpc) is 2.45. The molecule has 120 valence electrons. The van der Waals surface area contributed by atoms with Crippen molar-refractivity contribution in [1.82, 2.24) is 5.32 Å². The van der Waals surface area contributed by atoms with Gasteiger partial charge in [0, 0.05) is 20.3 Å². The van der Waals surface area contributed by atoms with E-state index in [1.165, 1.54) is 5.56 Å². The summed E-state index contributed by atoms with van der Waals surface area (Å²) in [6.07, 6.45) is 2.87. The summed E-state index contributed by atoms with van der Waals surface area (Å²) in [5, 5.41) is 13.1. The summed E-state index contributed by atoms with van der Waals surface area (Å²) in [6, 6.07) is 6.06. The van der Waals surface area contributed by atoms with Crippen LogP contribution >= 0.6 is 0 Å². The summed E-state index contributed by atoms with van der Waals surface area (Å²) in [4.78, 5) is 0. The molecule has 0 aliphatic rings. The molecule has 4 heteroatoms. The molecule has 0 aliphatic heterocycles. The van der Waals surface area contributed by atoms with Gasteiger partial charge < -0.3 is 19.9 Å². The number of aryl methyl sites for hydroxylation is 2. The number of ether oxygens (including phenoxy) is 2. The van der Waals surface area contributed by atoms with Crippen LogP contribution in [-0.2, 0) is 4.74 Å². The normalized spacial score (nSPS) is 12.4. The van der Waals surface area contributed by atoms with E-state index in [0.717, 1.165) is 43.7 Å². The fourth-order valence-electron chi connectivity index (χ4n) is 2.15. The fraction of sp³-hybridized carbons (Fsp3) is 0.647. The first kappa shape index (κ1) is 18.0. The van der Waals surface area contributed by atoms with Gasteiger partial charge in [-0.15, -0.1) is 0 Å². The molecule has 1 aromatic rings. The first-order chi connectivity index (χ1) is 10.1. The lowest BCUT2D eigenvalue weighted by atomic mass is 10.1. The zero-order valence-electron chi connectivity index (χ0n) is 13.5. The molecule has 0 saturated heterocycles. The monoisotopic (exact) mass is 295 g/mol. The number of benzene rings is 1. The van der Waals surface area contributed by atoms with E-state index in [9.17, 15) is 5.11 Å². The highest BCUT2D eigenvalue weighted by molar-refractivity contribution is 5.35. The number of hydrogen-bond acceptors (Lipinski definition) is 4. The third-order valence-electron chi connectivity index (χ3n) is 3.34. The molecular weight excluding hydrogens is 266 g/mol. The maximum absolute atomic E-state index is 9.89. The van der Waals surface area contributed by atoms with Crippen LogP contribution in [0.1, 0.15) is 30.4 Å². The van der Waals surface area contributed by atoms with Crippen molar-refractivity contribution in [2.75, 3.05) is 33.4 Å². The van der Waals surface area contributed by atoms with Crippen molar-refractivity contribution in [3.8, 4) is 5.75 Å². The zero-order valence-corrected chi connectivity index (χ0v) is 13.5. The molecule has 1 atom stereocenters. The molecule has 0 bridgehead atoms. The number of unbranched alkanes of at least 4 members (excludes halogenated alkanes) is 2. The maximum Gasteiger partial charge on any atom is 0.122 e. The van der Waals surface area contributed by atoms with Crippen LogP contribution in [0.25, 0.3) is 0 Å². The summed E-state index contributed by atoms with van der Waals surface area (Å²) in [7, 11) is 1.73. The van der Waals surface area contributed by atoms with Gasteiger partial charge in [-0.05, 0) is 51.3 Å². The maximum atomic E-state index is 9.89. The van der Waals surface area contributed by atoms with E-state index in [2.05, 4.69) is 18.3 Å². The molecule has 1 rings (SSSR count). The molecule has 0 aromatic heterocycles. The highest BCUT2D eigenvalue weighted by atomic mass is 16.5. The lowest BCUT2D eigenvalue weighted by Gasteiger charge is -2.15. The predicted octanol–water partition coefficient (Wildman–Crippen LogP) is 2.45. The van der Waals surface area contributed by atoms with Gasteiger partial charge in [0.1, 0.15) is 18.5 Å². The number of nitrogens with one attached hydrogen (secondary N) is 1. The Labute approximate surface area is 128 Å². The van der Waals surface area contributed by atoms with Crippen molar-refractivity contribution in [3.05, 3.63) is 29.3 Å². The van der Waals surface area contributed by atoms with Gasteiger partial charge in [-0.25, -0.2) is 0 Å². The second-order valence-corrected chi connectivity index (χ2v) is 5.49. The van der Waals surface area contributed by atoms with Crippen molar-refractivity contribution >= 4 is 0 Å². The average molecular weight is 295 g/mol. The number of hydrogen-bond donors (Lipinski definition) is 2. The van der Waals surface area contributed by atoms with Gasteiger partial charge in [0.25, 0.3) is 0 Å². The Morgan fingerprint density at radius 1 is 1.19 bits per heavy atom. The number of aliphatic hydroxyl groups is 1. The molecule has 21 heavy (non-hydrogen) atoms. The minimum absolute atomic E-state index is 0.320. The molecule has 2 N–H and O–H groups in total. The Morgan fingerprint density at radius 2 is 2.00 bits per heavy atom. The van der Waals surface area contributed by atoms with Crippen LogP contribution in [0.3, 0.4) is 0 Å². The Kier molecular flexibility index (Phi) is 9.06. The van der Waals surface area contributed by atoms with E-state index in [4.69, 9.17) is 9.47 Å². The van der Waals surface area contributed by atoms with Crippen LogP contribution < -0.4 is 10.1 Å². The first-order valence-corrected chi connectivity index (χ1v) is 7.71. The van der Waals surface area contributed by atoms with Crippen molar-refractivity contribution in [2.45, 2.75) is 39.2 Å². The van der Waals surface area contributed by atoms with Crippen LogP contribution in [0, 0.1) is 13.8 Å². The second kappa shape index (κ2) is 10.6. The van der Waals surface area contributed by atoms with Crippen LogP contribution in [-0.4, -0.2) is 44.6 Å². The minimum Gasteiger partial charge on any atom is -0.491 e. The summed E-state index contributed by atoms with van der Waals surface area (Å²) in [5.41, 5.74) is 2.32. The molecule has 0 heterocycles. The lowest BCUT2D eigenvalue weighted by Crippen LogP contribution is -2.32. The standard InChI is InChI=1S/C17H29NO3/c1-14-7-8-17(15(2)11-14)21-13-16(19)12-18-9-5-4-6-10-20-3/h7-8,11,16,18-19H,4-6,9-10,12-13H2,1-3H3. The molecule has 0 aliphatic carbocycles. The largest absolute Gasteiger partial charge is 0.491 e. The van der Waals surface area contributed by atoms with E-state index in [1.807, 2.05) is 19.1 Å². The van der Waals surface area contributed by atoms with Crippen molar-refractivity contribution < 1.29 is 14.6 Å². The Bertz CT molecular complexity index is 396. The fourth-order valence-corrected chi connectivity index (χ4v) is 2.15. The number of aliphatic hydroxyl groups excluding tert-OH is 1. The van der Waals surface area contributed by atoms with Gasteiger partial charge in [0.15, 0.2) is 0 Å². The topological polar surface area (TPSA) is 50.7 Å². The second-order valence-electron chi connectivity index (χ2n) is 5.49. The minimum atomic E-state index is -0.482. The van der Waals surface area contributed by atoms with Gasteiger partial charge in [-0.2, -0.15) is 0 Å². The molecule has 1 aromatic carbocycles. The number of methoxy groups -OCH3 is 1. The molecule has 0 fully saturated rings. The van der Waals surface area contributed by atoms with E-state index < -0.39 is 6.10 Å². The molecule has 0 saturated carbocycles. The Morgan fingerprint density at radius 3 is 2.71 bits per heavy atom. The molecule has 4 nitrogen and oxygen atoms in total. The highest BCUT2D eigenvalue weighted by Crippen LogP contribution is 2.18. The summed E-state index contributed by atoms with van der Waals surface area (Å²) < 4.78 is 10.7. The van der Waals surface area contributed by atoms with E-state index in [1.54, 1.807) is 7.11 Å². The summed E-state index contributed by atoms with van der Waals surface area (Å²) in [6.45, 7) is 6.71. The number of rotatable bonds is 11. The summed E-state index contributed by atoms with van der Waals surface area (Å²) >= 11 is 0. The highest BCUT2D eigenvalue weighted by Gasteiger charge is 2.06. The Hall–Kier alpha value is -1.10. The van der Waals surface area contributed by atoms with Crippen LogP contribution in [0.15, 0.2) is 18.2 Å². The SMILES string of the molecule is COCCCCCNCC(O)COc1ccc(C)cc1C. The van der Waals surface area contributed by atoms with Crippen LogP contribution in [0.2, 0.25) is 0 Å². The van der Waals surface area contributed by atoms with E-state index in [0.29, 0.717) is 13.2 Å². The van der Waals surface area contributed by atoms with Crippen molar-refractivity contribution in [2.24, 2.45) is 0 Å². The predicted molar refractivity (Wildman–Crippen MR) is 86.0 cm³/mol. The smallest absolute Gasteiger partial charge is 0.122 e. The van der Waals surface area contributed by atoms with Gasteiger partial charge in [0.2, 0.25) is 0 Å². The molecule has 1 unspecified atom stereocenters. The quantitative estimate of drug-likeness (QED) is 0.616. The molecule has 0 spiro atoms. The van der Waals surface area contributed by atoms with Crippen molar-refractivity contribution in [1.29, 1.82) is 0 Å².